The number of rotatable bonds is 1. The van der Waals surface area contributed by atoms with E-state index in [1.165, 1.54) is 22.2 Å². The Morgan fingerprint density at radius 3 is 2.24 bits per heavy atom. The summed E-state index contributed by atoms with van der Waals surface area (Å²) in [4.78, 5) is 12.3. The van der Waals surface area contributed by atoms with Crippen LogP contribution in [-0.2, 0) is 13.2 Å². The van der Waals surface area contributed by atoms with Crippen LogP contribution in [0.4, 0.5) is 13.2 Å². The lowest BCUT2D eigenvalue weighted by atomic mass is 10.2. The van der Waals surface area contributed by atoms with Gasteiger partial charge < -0.3 is 0 Å². The van der Waals surface area contributed by atoms with Crippen LogP contribution >= 0.6 is 0 Å². The predicted molar refractivity (Wildman–Crippen MR) is 73.5 cm³/mol. The van der Waals surface area contributed by atoms with Gasteiger partial charge in [0.1, 0.15) is 0 Å². The molecule has 3 rings (SSSR count). The average molecular weight is 292 g/mol. The van der Waals surface area contributed by atoms with Gasteiger partial charge in [0, 0.05) is 7.05 Å². The number of halogens is 3. The number of hydrogen-bond acceptors (Lipinski definition) is 1. The van der Waals surface area contributed by atoms with Crippen molar-refractivity contribution in [3.8, 4) is 5.69 Å². The summed E-state index contributed by atoms with van der Waals surface area (Å²) >= 11 is 0. The molecule has 0 saturated heterocycles. The number of hydrogen-bond donors (Lipinski definition) is 0. The molecule has 1 heterocycles. The zero-order valence-electron chi connectivity index (χ0n) is 11.1. The van der Waals surface area contributed by atoms with E-state index >= 15 is 0 Å². The number of aryl methyl sites for hydroxylation is 1. The first-order valence-electron chi connectivity index (χ1n) is 6.24. The fourth-order valence-corrected chi connectivity index (χ4v) is 2.35. The number of fused-ring (bicyclic) bond motifs is 1. The lowest BCUT2D eigenvalue weighted by Gasteiger charge is -2.08. The molecule has 0 radical (unpaired) electrons. The molecule has 0 spiro atoms. The summed E-state index contributed by atoms with van der Waals surface area (Å²) in [7, 11) is 1.54. The van der Waals surface area contributed by atoms with Crippen molar-refractivity contribution in [2.45, 2.75) is 6.18 Å². The minimum Gasteiger partial charge on any atom is -0.295 e. The minimum absolute atomic E-state index is 0.239. The van der Waals surface area contributed by atoms with Gasteiger partial charge in [-0.15, -0.1) is 0 Å². The fraction of sp³-hybridized carbons (Fsp3) is 0.133. The number of para-hydroxylation sites is 1. The summed E-state index contributed by atoms with van der Waals surface area (Å²) in [6.07, 6.45) is -4.44. The molecule has 0 N–H and O–H groups in total. The Balaban J connectivity index is 2.38. The van der Waals surface area contributed by atoms with E-state index < -0.39 is 11.7 Å². The first-order chi connectivity index (χ1) is 9.89. The van der Waals surface area contributed by atoms with Gasteiger partial charge in [0.25, 0.3) is 0 Å². The van der Waals surface area contributed by atoms with Crippen LogP contribution in [-0.4, -0.2) is 9.13 Å². The molecule has 0 saturated carbocycles. The maximum Gasteiger partial charge on any atom is 0.416 e. The van der Waals surface area contributed by atoms with Crippen LogP contribution in [0.25, 0.3) is 16.7 Å². The quantitative estimate of drug-likeness (QED) is 0.675. The van der Waals surface area contributed by atoms with Crippen molar-refractivity contribution in [2.75, 3.05) is 0 Å². The Labute approximate surface area is 117 Å². The number of benzene rings is 2. The summed E-state index contributed by atoms with van der Waals surface area (Å²) in [5.74, 6) is 0. The molecule has 108 valence electrons. The van der Waals surface area contributed by atoms with E-state index in [1.807, 2.05) is 0 Å². The van der Waals surface area contributed by atoms with Crippen LogP contribution in [0.5, 0.6) is 0 Å². The van der Waals surface area contributed by atoms with E-state index in [1.54, 1.807) is 30.3 Å². The molecule has 3 nitrogen and oxygen atoms in total. The number of nitrogens with zero attached hydrogens (tertiary/aromatic N) is 2. The van der Waals surface area contributed by atoms with E-state index in [9.17, 15) is 18.0 Å². The monoisotopic (exact) mass is 292 g/mol. The molecule has 0 bridgehead atoms. The smallest absolute Gasteiger partial charge is 0.295 e. The van der Waals surface area contributed by atoms with Crippen LogP contribution in [0.2, 0.25) is 0 Å². The van der Waals surface area contributed by atoms with E-state index in [0.717, 1.165) is 12.1 Å². The topological polar surface area (TPSA) is 26.9 Å². The third-order valence-corrected chi connectivity index (χ3v) is 3.40. The third-order valence-electron chi connectivity index (χ3n) is 3.40. The van der Waals surface area contributed by atoms with E-state index in [2.05, 4.69) is 0 Å². The molecule has 21 heavy (non-hydrogen) atoms. The maximum atomic E-state index is 12.9. The Morgan fingerprint density at radius 1 is 0.952 bits per heavy atom. The van der Waals surface area contributed by atoms with Crippen molar-refractivity contribution in [3.05, 3.63) is 64.6 Å². The van der Waals surface area contributed by atoms with E-state index in [4.69, 9.17) is 0 Å². The van der Waals surface area contributed by atoms with Gasteiger partial charge in [-0.1, -0.05) is 18.2 Å². The van der Waals surface area contributed by atoms with Gasteiger partial charge >= 0.3 is 11.9 Å². The lowest BCUT2D eigenvalue weighted by Crippen LogP contribution is -2.20. The highest BCUT2D eigenvalue weighted by atomic mass is 19.4. The standard InChI is InChI=1S/C15H11F3N2O/c1-19-12-8-7-10(15(16,17)18)9-13(12)20(14(19)21)11-5-3-2-4-6-11/h2-9H,1H3. The van der Waals surface area contributed by atoms with Crippen molar-refractivity contribution < 1.29 is 13.2 Å². The number of aromatic nitrogens is 2. The Morgan fingerprint density at radius 2 is 1.62 bits per heavy atom. The fourth-order valence-electron chi connectivity index (χ4n) is 2.35. The second-order valence-corrected chi connectivity index (χ2v) is 4.71. The summed E-state index contributed by atoms with van der Waals surface area (Å²) in [6, 6.07) is 11.9. The van der Waals surface area contributed by atoms with Gasteiger partial charge in [0.2, 0.25) is 0 Å². The van der Waals surface area contributed by atoms with Crippen molar-refractivity contribution in [3.63, 3.8) is 0 Å². The van der Waals surface area contributed by atoms with Crippen LogP contribution in [0.1, 0.15) is 5.56 Å². The Hall–Kier alpha value is -2.50. The summed E-state index contributed by atoms with van der Waals surface area (Å²) in [6.45, 7) is 0. The first kappa shape index (κ1) is 13.5. The van der Waals surface area contributed by atoms with Gasteiger partial charge in [-0.05, 0) is 30.3 Å². The van der Waals surface area contributed by atoms with Crippen molar-refractivity contribution >= 4 is 11.0 Å². The van der Waals surface area contributed by atoms with Gasteiger partial charge in [-0.25, -0.2) is 4.79 Å². The molecule has 0 aliphatic rings. The third kappa shape index (κ3) is 2.12. The highest BCUT2D eigenvalue weighted by Crippen LogP contribution is 2.31. The molecule has 0 aliphatic heterocycles. The molecular weight excluding hydrogens is 281 g/mol. The molecule has 0 unspecified atom stereocenters. The SMILES string of the molecule is Cn1c(=O)n(-c2ccccc2)c2cc(C(F)(F)F)ccc21. The molecule has 6 heteroatoms. The molecule has 0 aliphatic carbocycles. The van der Waals surface area contributed by atoms with Crippen molar-refractivity contribution in [2.24, 2.45) is 7.05 Å². The Bertz CT molecular complexity index is 860. The normalized spacial score (nSPS) is 12.0. The highest BCUT2D eigenvalue weighted by molar-refractivity contribution is 5.79. The summed E-state index contributed by atoms with van der Waals surface area (Å²) in [5, 5.41) is 0. The van der Waals surface area contributed by atoms with Crippen LogP contribution in [0, 0.1) is 0 Å². The van der Waals surface area contributed by atoms with Gasteiger partial charge in [0.05, 0.1) is 22.3 Å². The minimum atomic E-state index is -4.44. The number of alkyl halides is 3. The van der Waals surface area contributed by atoms with Crippen molar-refractivity contribution in [1.82, 2.24) is 9.13 Å². The second-order valence-electron chi connectivity index (χ2n) is 4.71. The van der Waals surface area contributed by atoms with Gasteiger partial charge in [0.15, 0.2) is 0 Å². The summed E-state index contributed by atoms with van der Waals surface area (Å²) in [5.41, 5.74) is 0.0774. The molecule has 0 amide bonds. The van der Waals surface area contributed by atoms with Crippen LogP contribution in [0.15, 0.2) is 53.3 Å². The van der Waals surface area contributed by atoms with Gasteiger partial charge in [-0.2, -0.15) is 13.2 Å². The molecule has 0 fully saturated rings. The zero-order chi connectivity index (χ0) is 15.2. The maximum absolute atomic E-state index is 12.9. The second kappa shape index (κ2) is 4.51. The zero-order valence-corrected chi connectivity index (χ0v) is 11.1. The summed E-state index contributed by atoms with van der Waals surface area (Å²) < 4.78 is 41.2. The molecule has 3 aromatic rings. The highest BCUT2D eigenvalue weighted by Gasteiger charge is 2.31. The molecule has 2 aromatic carbocycles. The van der Waals surface area contributed by atoms with E-state index in [-0.39, 0.29) is 11.2 Å². The first-order valence-corrected chi connectivity index (χ1v) is 6.24. The largest absolute Gasteiger partial charge is 0.416 e. The lowest BCUT2D eigenvalue weighted by molar-refractivity contribution is -0.137. The van der Waals surface area contributed by atoms with Gasteiger partial charge in [-0.3, -0.25) is 9.13 Å². The molecule has 0 atom stereocenters. The molecule has 1 aromatic heterocycles. The van der Waals surface area contributed by atoms with Crippen LogP contribution in [0.3, 0.4) is 0 Å². The van der Waals surface area contributed by atoms with Crippen LogP contribution < -0.4 is 5.69 Å². The predicted octanol–water partition coefficient (Wildman–Crippen LogP) is 3.35. The molecular formula is C15H11F3N2O. The Kier molecular flexibility index (Phi) is 2.90. The number of imidazole rings is 1. The van der Waals surface area contributed by atoms with E-state index in [0.29, 0.717) is 11.2 Å². The van der Waals surface area contributed by atoms with Crippen molar-refractivity contribution in [1.29, 1.82) is 0 Å². The average Bonchev–Trinajstić information content (AvgIpc) is 2.70.